The summed E-state index contributed by atoms with van der Waals surface area (Å²) in [4.78, 5) is 22.0. The van der Waals surface area contributed by atoms with Crippen molar-refractivity contribution < 1.29 is 10.0 Å². The maximum Gasteiger partial charge on any atom is 0.338 e. The molecule has 2 amide bonds. The molecule has 2 aromatic heterocycles. The predicted molar refractivity (Wildman–Crippen MR) is 94.8 cm³/mol. The molecule has 0 aliphatic rings. The number of carbonyl (C=O) groups excluding carboxylic acids is 1. The number of rotatable bonds is 8. The van der Waals surface area contributed by atoms with Gasteiger partial charge < -0.3 is 5.73 Å². The van der Waals surface area contributed by atoms with Crippen molar-refractivity contribution in [2.24, 2.45) is 5.73 Å². The van der Waals surface area contributed by atoms with E-state index in [2.05, 4.69) is 14.9 Å². The average Bonchev–Trinajstić information content (AvgIpc) is 2.58. The van der Waals surface area contributed by atoms with Crippen LogP contribution < -0.4 is 5.73 Å². The Kier molecular flexibility index (Phi) is 6.85. The zero-order valence-electron chi connectivity index (χ0n) is 14.7. The van der Waals surface area contributed by atoms with E-state index in [4.69, 9.17) is 5.73 Å². The quantitative estimate of drug-likeness (QED) is 0.566. The standard InChI is InChI=1S/C18H25N5O2/c1-14-6-3-8-20-16(14)12-22(10-5-11-23(25)18(19)24)13-17-15(2)7-4-9-21-17/h3-4,6-9,25H,5,10-13H2,1-2H3,(H2,19,24). The van der Waals surface area contributed by atoms with Crippen molar-refractivity contribution in [3.8, 4) is 0 Å². The third-order valence-corrected chi connectivity index (χ3v) is 4.08. The summed E-state index contributed by atoms with van der Waals surface area (Å²) in [5, 5.41) is 9.96. The Labute approximate surface area is 148 Å². The van der Waals surface area contributed by atoms with Crippen molar-refractivity contribution in [1.82, 2.24) is 19.9 Å². The number of amides is 2. The number of nitrogens with zero attached hydrogens (tertiary/aromatic N) is 4. The summed E-state index contributed by atoms with van der Waals surface area (Å²) in [6.07, 6.45) is 4.17. The molecule has 7 nitrogen and oxygen atoms in total. The van der Waals surface area contributed by atoms with E-state index in [0.717, 1.165) is 22.5 Å². The third kappa shape index (κ3) is 5.81. The van der Waals surface area contributed by atoms with Crippen molar-refractivity contribution in [3.05, 3.63) is 59.2 Å². The smallest absolute Gasteiger partial charge is 0.338 e. The van der Waals surface area contributed by atoms with Crippen molar-refractivity contribution >= 4 is 6.03 Å². The second-order valence-electron chi connectivity index (χ2n) is 6.06. The Hall–Kier alpha value is -2.51. The van der Waals surface area contributed by atoms with Crippen molar-refractivity contribution in [2.75, 3.05) is 13.1 Å². The van der Waals surface area contributed by atoms with E-state index in [1.54, 1.807) is 12.4 Å². The molecule has 0 aliphatic carbocycles. The van der Waals surface area contributed by atoms with Gasteiger partial charge in [0.25, 0.3) is 0 Å². The maximum atomic E-state index is 10.9. The summed E-state index contributed by atoms with van der Waals surface area (Å²) in [6.45, 7) is 6.28. The summed E-state index contributed by atoms with van der Waals surface area (Å²) < 4.78 is 0. The molecule has 3 N–H and O–H groups in total. The highest BCUT2D eigenvalue weighted by molar-refractivity contribution is 5.70. The highest BCUT2D eigenvalue weighted by Crippen LogP contribution is 2.13. The fourth-order valence-electron chi connectivity index (χ4n) is 2.56. The van der Waals surface area contributed by atoms with Crippen molar-refractivity contribution in [3.63, 3.8) is 0 Å². The molecule has 0 spiro atoms. The molecular weight excluding hydrogens is 318 g/mol. The lowest BCUT2D eigenvalue weighted by Gasteiger charge is -2.24. The fourth-order valence-corrected chi connectivity index (χ4v) is 2.56. The molecule has 25 heavy (non-hydrogen) atoms. The third-order valence-electron chi connectivity index (χ3n) is 4.08. The van der Waals surface area contributed by atoms with E-state index in [-0.39, 0.29) is 6.54 Å². The number of hydrogen-bond acceptors (Lipinski definition) is 5. The lowest BCUT2D eigenvalue weighted by atomic mass is 10.1. The molecule has 0 fully saturated rings. The minimum absolute atomic E-state index is 0.189. The van der Waals surface area contributed by atoms with Gasteiger partial charge in [-0.15, -0.1) is 0 Å². The molecule has 0 bridgehead atoms. The van der Waals surface area contributed by atoms with Gasteiger partial charge in [0.05, 0.1) is 17.9 Å². The van der Waals surface area contributed by atoms with Gasteiger partial charge in [-0.05, 0) is 43.5 Å². The zero-order chi connectivity index (χ0) is 18.2. The molecular formula is C18H25N5O2. The minimum Gasteiger partial charge on any atom is -0.350 e. The van der Waals surface area contributed by atoms with E-state index in [0.29, 0.717) is 31.1 Å². The van der Waals surface area contributed by atoms with Crippen LogP contribution in [0.3, 0.4) is 0 Å². The Morgan fingerprint density at radius 3 is 2.00 bits per heavy atom. The summed E-state index contributed by atoms with van der Waals surface area (Å²) in [5.41, 5.74) is 9.32. The Bertz CT molecular complexity index is 660. The van der Waals surface area contributed by atoms with Gasteiger partial charge in [-0.25, -0.2) is 9.86 Å². The second-order valence-corrected chi connectivity index (χ2v) is 6.06. The van der Waals surface area contributed by atoms with Gasteiger partial charge >= 0.3 is 6.03 Å². The molecule has 0 saturated carbocycles. The van der Waals surface area contributed by atoms with Crippen LogP contribution in [-0.2, 0) is 13.1 Å². The zero-order valence-corrected chi connectivity index (χ0v) is 14.7. The number of urea groups is 1. The number of hydrogen-bond donors (Lipinski definition) is 2. The summed E-state index contributed by atoms with van der Waals surface area (Å²) in [5.74, 6) is 0. The van der Waals surface area contributed by atoms with Crippen LogP contribution in [0.5, 0.6) is 0 Å². The van der Waals surface area contributed by atoms with Gasteiger partial charge in [0, 0.05) is 32.0 Å². The first-order valence-corrected chi connectivity index (χ1v) is 8.26. The van der Waals surface area contributed by atoms with Crippen LogP contribution in [0.1, 0.15) is 28.9 Å². The summed E-state index contributed by atoms with van der Waals surface area (Å²) >= 11 is 0. The second kappa shape index (κ2) is 9.10. The molecule has 0 aliphatic heterocycles. The van der Waals surface area contributed by atoms with E-state index in [1.807, 2.05) is 38.1 Å². The molecule has 7 heteroatoms. The maximum absolute atomic E-state index is 10.9. The van der Waals surface area contributed by atoms with E-state index < -0.39 is 6.03 Å². The normalized spacial score (nSPS) is 10.9. The number of pyridine rings is 2. The first kappa shape index (κ1) is 18.8. The van der Waals surface area contributed by atoms with Crippen molar-refractivity contribution in [2.45, 2.75) is 33.4 Å². The van der Waals surface area contributed by atoms with E-state index >= 15 is 0 Å². The number of carbonyl (C=O) groups is 1. The van der Waals surface area contributed by atoms with Crippen LogP contribution in [0, 0.1) is 13.8 Å². The van der Waals surface area contributed by atoms with Gasteiger partial charge in [-0.1, -0.05) is 12.1 Å². The van der Waals surface area contributed by atoms with Gasteiger partial charge in [0.1, 0.15) is 0 Å². The topological polar surface area (TPSA) is 95.6 Å². The highest BCUT2D eigenvalue weighted by atomic mass is 16.5. The number of primary amides is 1. The van der Waals surface area contributed by atoms with Gasteiger partial charge in [-0.2, -0.15) is 0 Å². The van der Waals surface area contributed by atoms with Gasteiger partial charge in [0.15, 0.2) is 0 Å². The number of nitrogens with two attached hydrogens (primary N) is 1. The van der Waals surface area contributed by atoms with E-state index in [1.165, 1.54) is 0 Å². The largest absolute Gasteiger partial charge is 0.350 e. The predicted octanol–water partition coefficient (Wildman–Crippen LogP) is 2.26. The van der Waals surface area contributed by atoms with Crippen LogP contribution in [0.2, 0.25) is 0 Å². The number of hydroxylamine groups is 2. The van der Waals surface area contributed by atoms with Crippen molar-refractivity contribution in [1.29, 1.82) is 0 Å². The van der Waals surface area contributed by atoms with Crippen LogP contribution in [0.4, 0.5) is 4.79 Å². The molecule has 0 unspecified atom stereocenters. The molecule has 2 aromatic rings. The molecule has 0 radical (unpaired) electrons. The minimum atomic E-state index is -0.840. The lowest BCUT2D eigenvalue weighted by molar-refractivity contribution is -0.0416. The lowest BCUT2D eigenvalue weighted by Crippen LogP contribution is -2.35. The van der Waals surface area contributed by atoms with Crippen LogP contribution in [0.15, 0.2) is 36.7 Å². The molecule has 0 saturated heterocycles. The molecule has 0 atom stereocenters. The number of aromatic nitrogens is 2. The molecule has 2 heterocycles. The van der Waals surface area contributed by atoms with E-state index in [9.17, 15) is 10.0 Å². The van der Waals surface area contributed by atoms with Crippen LogP contribution >= 0.6 is 0 Å². The SMILES string of the molecule is Cc1cccnc1CN(CCCN(O)C(N)=O)Cc1ncccc1C. The summed E-state index contributed by atoms with van der Waals surface area (Å²) in [7, 11) is 0. The number of aryl methyl sites for hydroxylation is 2. The van der Waals surface area contributed by atoms with Gasteiger partial charge in [-0.3, -0.25) is 20.1 Å². The average molecular weight is 343 g/mol. The molecule has 0 aromatic carbocycles. The molecule has 134 valence electrons. The Morgan fingerprint density at radius 2 is 1.56 bits per heavy atom. The Morgan fingerprint density at radius 1 is 1.04 bits per heavy atom. The molecule has 2 rings (SSSR count). The first-order valence-electron chi connectivity index (χ1n) is 8.26. The monoisotopic (exact) mass is 343 g/mol. The first-order chi connectivity index (χ1) is 12.0. The van der Waals surface area contributed by atoms with Crippen LogP contribution in [-0.4, -0.2) is 44.3 Å². The fraction of sp³-hybridized carbons (Fsp3) is 0.389. The summed E-state index contributed by atoms with van der Waals surface area (Å²) in [6, 6.07) is 7.07. The Balaban J connectivity index is 2.06. The highest BCUT2D eigenvalue weighted by Gasteiger charge is 2.13. The van der Waals surface area contributed by atoms with Crippen LogP contribution in [0.25, 0.3) is 0 Å². The van der Waals surface area contributed by atoms with Gasteiger partial charge in [0.2, 0.25) is 0 Å².